The Kier molecular flexibility index (Phi) is 5.46. The van der Waals surface area contributed by atoms with E-state index >= 15 is 0 Å². The third kappa shape index (κ3) is 3.70. The van der Waals surface area contributed by atoms with Crippen LogP contribution in [0.1, 0.15) is 39.5 Å². The lowest BCUT2D eigenvalue weighted by Gasteiger charge is -2.28. The van der Waals surface area contributed by atoms with E-state index in [-0.39, 0.29) is 16.8 Å². The smallest absolute Gasteiger partial charge is 0.254 e. The number of rotatable bonds is 4. The molecule has 1 heterocycles. The van der Waals surface area contributed by atoms with Gasteiger partial charge in [0.25, 0.3) is 5.91 Å². The monoisotopic (exact) mass is 414 g/mol. The fourth-order valence-electron chi connectivity index (χ4n) is 4.22. The minimum Gasteiger partial charge on any atom is -0.379 e. The predicted octanol–water partition coefficient (Wildman–Crippen LogP) is 2.78. The summed E-state index contributed by atoms with van der Waals surface area (Å²) in [6, 6.07) is 13.2. The SMILES string of the molecule is Cc1ccc(C(=O)N(C)C2CCc3ccccc32)cc1S(=O)(=O)N1CCOCC1. The van der Waals surface area contributed by atoms with Crippen molar-refractivity contribution >= 4 is 15.9 Å². The lowest BCUT2D eigenvalue weighted by atomic mass is 10.1. The minimum absolute atomic E-state index is 0.0132. The molecule has 1 unspecified atom stereocenters. The number of amides is 1. The van der Waals surface area contributed by atoms with Crippen LogP contribution >= 0.6 is 0 Å². The van der Waals surface area contributed by atoms with Gasteiger partial charge in [0.05, 0.1) is 24.2 Å². The van der Waals surface area contributed by atoms with Crippen LogP contribution < -0.4 is 0 Å². The van der Waals surface area contributed by atoms with Gasteiger partial charge in [0, 0.05) is 25.7 Å². The second-order valence-electron chi connectivity index (χ2n) is 7.67. The second-order valence-corrected chi connectivity index (χ2v) is 9.57. The molecule has 2 aromatic carbocycles. The zero-order valence-corrected chi connectivity index (χ0v) is 17.6. The fourth-order valence-corrected chi connectivity index (χ4v) is 5.88. The Morgan fingerprint density at radius 3 is 2.62 bits per heavy atom. The normalized spacial score (nSPS) is 19.7. The molecular weight excluding hydrogens is 388 g/mol. The molecule has 6 nitrogen and oxygen atoms in total. The second kappa shape index (κ2) is 7.89. The van der Waals surface area contributed by atoms with E-state index in [0.29, 0.717) is 37.4 Å². The maximum Gasteiger partial charge on any atom is 0.254 e. The van der Waals surface area contributed by atoms with Crippen molar-refractivity contribution < 1.29 is 17.9 Å². The Balaban J connectivity index is 1.62. The van der Waals surface area contributed by atoms with Crippen LogP contribution in [0.2, 0.25) is 0 Å². The molecule has 1 atom stereocenters. The van der Waals surface area contributed by atoms with Gasteiger partial charge in [0.2, 0.25) is 10.0 Å². The highest BCUT2D eigenvalue weighted by Crippen LogP contribution is 2.35. The van der Waals surface area contributed by atoms with Crippen LogP contribution in [0.3, 0.4) is 0 Å². The van der Waals surface area contributed by atoms with Crippen LogP contribution in [-0.4, -0.2) is 56.9 Å². The molecule has 1 saturated heterocycles. The lowest BCUT2D eigenvalue weighted by Crippen LogP contribution is -2.41. The number of nitrogens with zero attached hydrogens (tertiary/aromatic N) is 2. The van der Waals surface area contributed by atoms with Crippen molar-refractivity contribution in [3.05, 3.63) is 64.7 Å². The largest absolute Gasteiger partial charge is 0.379 e. The lowest BCUT2D eigenvalue weighted by molar-refractivity contribution is 0.0725. The van der Waals surface area contributed by atoms with E-state index in [9.17, 15) is 13.2 Å². The van der Waals surface area contributed by atoms with Crippen LogP contribution in [-0.2, 0) is 21.2 Å². The van der Waals surface area contributed by atoms with Crippen molar-refractivity contribution in [3.63, 3.8) is 0 Å². The highest BCUT2D eigenvalue weighted by molar-refractivity contribution is 7.89. The Morgan fingerprint density at radius 1 is 1.14 bits per heavy atom. The van der Waals surface area contributed by atoms with Crippen molar-refractivity contribution in [2.75, 3.05) is 33.4 Å². The first-order chi connectivity index (χ1) is 13.9. The Bertz CT molecular complexity index is 1030. The average molecular weight is 415 g/mol. The standard InChI is InChI=1S/C22H26N2O4S/c1-16-7-8-18(15-21(16)29(26,27)24-11-13-28-14-12-24)22(25)23(2)20-10-9-17-5-3-4-6-19(17)20/h3-8,15,20H,9-14H2,1-2H3. The summed E-state index contributed by atoms with van der Waals surface area (Å²) in [4.78, 5) is 15.1. The van der Waals surface area contributed by atoms with Crippen molar-refractivity contribution in [3.8, 4) is 0 Å². The van der Waals surface area contributed by atoms with E-state index < -0.39 is 10.0 Å². The first-order valence-electron chi connectivity index (χ1n) is 9.93. The van der Waals surface area contributed by atoms with Crippen molar-refractivity contribution in [2.24, 2.45) is 0 Å². The summed E-state index contributed by atoms with van der Waals surface area (Å²) in [7, 11) is -1.86. The van der Waals surface area contributed by atoms with Crippen molar-refractivity contribution in [1.29, 1.82) is 0 Å². The molecule has 0 saturated carbocycles. The molecule has 0 aromatic heterocycles. The summed E-state index contributed by atoms with van der Waals surface area (Å²) in [6.45, 7) is 3.21. The van der Waals surface area contributed by atoms with Gasteiger partial charge in [-0.25, -0.2) is 8.42 Å². The predicted molar refractivity (Wildman–Crippen MR) is 110 cm³/mol. The number of aryl methyl sites for hydroxylation is 2. The maximum absolute atomic E-state index is 13.2. The molecule has 1 fully saturated rings. The van der Waals surface area contributed by atoms with Crippen LogP contribution in [0, 0.1) is 6.92 Å². The highest BCUT2D eigenvalue weighted by Gasteiger charge is 2.31. The van der Waals surface area contributed by atoms with Gasteiger partial charge in [-0.3, -0.25) is 4.79 Å². The van der Waals surface area contributed by atoms with E-state index in [0.717, 1.165) is 12.8 Å². The first-order valence-corrected chi connectivity index (χ1v) is 11.4. The molecule has 1 aliphatic carbocycles. The Hall–Kier alpha value is -2.22. The number of hydrogen-bond donors (Lipinski definition) is 0. The summed E-state index contributed by atoms with van der Waals surface area (Å²) in [5.74, 6) is -0.162. The van der Waals surface area contributed by atoms with Crippen LogP contribution in [0.25, 0.3) is 0 Å². The number of hydrogen-bond acceptors (Lipinski definition) is 4. The molecule has 0 N–H and O–H groups in total. The third-order valence-electron chi connectivity index (χ3n) is 5.91. The molecule has 4 rings (SSSR count). The molecule has 1 aliphatic heterocycles. The molecule has 2 aromatic rings. The minimum atomic E-state index is -3.66. The van der Waals surface area contributed by atoms with E-state index in [4.69, 9.17) is 4.74 Å². The zero-order valence-electron chi connectivity index (χ0n) is 16.8. The topological polar surface area (TPSA) is 66.9 Å². The fraction of sp³-hybridized carbons (Fsp3) is 0.409. The van der Waals surface area contributed by atoms with Crippen molar-refractivity contribution in [1.82, 2.24) is 9.21 Å². The number of carbonyl (C=O) groups is 1. The van der Waals surface area contributed by atoms with Gasteiger partial charge in [0.15, 0.2) is 0 Å². The van der Waals surface area contributed by atoms with Gasteiger partial charge in [-0.15, -0.1) is 0 Å². The molecule has 7 heteroatoms. The van der Waals surface area contributed by atoms with E-state index in [1.807, 2.05) is 12.1 Å². The van der Waals surface area contributed by atoms with Crippen LogP contribution in [0.15, 0.2) is 47.4 Å². The first kappa shape index (κ1) is 20.1. The molecule has 1 amide bonds. The number of benzene rings is 2. The quantitative estimate of drug-likeness (QED) is 0.772. The van der Waals surface area contributed by atoms with Gasteiger partial charge in [0.1, 0.15) is 0 Å². The van der Waals surface area contributed by atoms with Gasteiger partial charge >= 0.3 is 0 Å². The molecule has 0 bridgehead atoms. The third-order valence-corrected chi connectivity index (χ3v) is 7.95. The molecular formula is C22H26N2O4S. The van der Waals surface area contributed by atoms with Crippen LogP contribution in [0.5, 0.6) is 0 Å². The number of sulfonamides is 1. The van der Waals surface area contributed by atoms with Crippen molar-refractivity contribution in [2.45, 2.75) is 30.7 Å². The molecule has 154 valence electrons. The van der Waals surface area contributed by atoms with Gasteiger partial charge < -0.3 is 9.64 Å². The average Bonchev–Trinajstić information content (AvgIpc) is 3.17. The van der Waals surface area contributed by atoms with Gasteiger partial charge in [-0.2, -0.15) is 4.31 Å². The Morgan fingerprint density at radius 2 is 1.86 bits per heavy atom. The molecule has 0 spiro atoms. The van der Waals surface area contributed by atoms with Gasteiger partial charge in [-0.05, 0) is 48.6 Å². The summed E-state index contributed by atoms with van der Waals surface area (Å²) < 4.78 is 32.9. The van der Waals surface area contributed by atoms with E-state index in [2.05, 4.69) is 12.1 Å². The summed E-state index contributed by atoms with van der Waals surface area (Å²) >= 11 is 0. The molecule has 2 aliphatic rings. The number of carbonyl (C=O) groups excluding carboxylic acids is 1. The van der Waals surface area contributed by atoms with Gasteiger partial charge in [-0.1, -0.05) is 30.3 Å². The number of ether oxygens (including phenoxy) is 1. The Labute approximate surface area is 172 Å². The number of morpholine rings is 1. The molecule has 29 heavy (non-hydrogen) atoms. The zero-order chi connectivity index (χ0) is 20.6. The number of fused-ring (bicyclic) bond motifs is 1. The summed E-state index contributed by atoms with van der Waals surface area (Å²) in [5.41, 5.74) is 3.49. The van der Waals surface area contributed by atoms with E-state index in [1.165, 1.54) is 21.5 Å². The highest BCUT2D eigenvalue weighted by atomic mass is 32.2. The summed E-state index contributed by atoms with van der Waals surface area (Å²) in [6.07, 6.45) is 1.83. The van der Waals surface area contributed by atoms with Crippen LogP contribution in [0.4, 0.5) is 0 Å². The van der Waals surface area contributed by atoms with E-state index in [1.54, 1.807) is 31.0 Å². The molecule has 0 radical (unpaired) electrons. The summed E-state index contributed by atoms with van der Waals surface area (Å²) in [5, 5.41) is 0. The maximum atomic E-state index is 13.2.